The fraction of sp³-hybridized carbons (Fsp3) is 0.167. The van der Waals surface area contributed by atoms with Gasteiger partial charge in [0.1, 0.15) is 28.9 Å². The maximum atomic E-state index is 12.4. The minimum absolute atomic E-state index is 0.130. The SMILES string of the molecule is C[C@H](Nc1ccc(C#N)n(C)c1=O)c1cc2cc(O)cc(O)c2[nH]c1=O. The van der Waals surface area contributed by atoms with Crippen LogP contribution in [0.1, 0.15) is 24.2 Å². The summed E-state index contributed by atoms with van der Waals surface area (Å²) in [7, 11) is 1.49. The van der Waals surface area contributed by atoms with Gasteiger partial charge in [-0.25, -0.2) is 0 Å². The first-order valence-corrected chi connectivity index (χ1v) is 7.77. The Hall–Kier alpha value is -3.73. The molecule has 3 aromatic rings. The van der Waals surface area contributed by atoms with E-state index in [2.05, 4.69) is 10.3 Å². The van der Waals surface area contributed by atoms with E-state index in [4.69, 9.17) is 5.26 Å². The van der Waals surface area contributed by atoms with Crippen molar-refractivity contribution in [2.24, 2.45) is 7.05 Å². The van der Waals surface area contributed by atoms with E-state index < -0.39 is 11.6 Å². The van der Waals surface area contributed by atoms with Crippen LogP contribution in [0, 0.1) is 11.3 Å². The topological polar surface area (TPSA) is 131 Å². The van der Waals surface area contributed by atoms with E-state index >= 15 is 0 Å². The van der Waals surface area contributed by atoms with E-state index in [0.717, 1.165) is 6.07 Å². The molecule has 0 spiro atoms. The molecule has 0 radical (unpaired) electrons. The summed E-state index contributed by atoms with van der Waals surface area (Å²) in [4.78, 5) is 27.2. The molecule has 8 nitrogen and oxygen atoms in total. The summed E-state index contributed by atoms with van der Waals surface area (Å²) in [5.41, 5.74) is 0.208. The van der Waals surface area contributed by atoms with Gasteiger partial charge in [0.05, 0.1) is 11.6 Å². The summed E-state index contributed by atoms with van der Waals surface area (Å²) >= 11 is 0. The first kappa shape index (κ1) is 17.1. The zero-order valence-corrected chi connectivity index (χ0v) is 14.1. The van der Waals surface area contributed by atoms with E-state index in [-0.39, 0.29) is 34.0 Å². The molecule has 0 fully saturated rings. The smallest absolute Gasteiger partial charge is 0.274 e. The van der Waals surface area contributed by atoms with Crippen molar-refractivity contribution in [3.63, 3.8) is 0 Å². The number of rotatable bonds is 3. The van der Waals surface area contributed by atoms with Crippen LogP contribution in [-0.4, -0.2) is 19.8 Å². The third kappa shape index (κ3) is 2.86. The summed E-state index contributed by atoms with van der Waals surface area (Å²) in [6.45, 7) is 1.71. The van der Waals surface area contributed by atoms with Crippen LogP contribution in [0.5, 0.6) is 11.5 Å². The number of hydrogen-bond donors (Lipinski definition) is 4. The molecule has 1 aromatic carbocycles. The number of anilines is 1. The van der Waals surface area contributed by atoms with Crippen molar-refractivity contribution >= 4 is 16.6 Å². The Kier molecular flexibility index (Phi) is 4.14. The lowest BCUT2D eigenvalue weighted by Gasteiger charge is -2.16. The Balaban J connectivity index is 2.04. The molecule has 0 aliphatic heterocycles. The molecule has 2 aromatic heterocycles. The monoisotopic (exact) mass is 352 g/mol. The molecule has 0 saturated carbocycles. The van der Waals surface area contributed by atoms with Crippen LogP contribution in [0.3, 0.4) is 0 Å². The van der Waals surface area contributed by atoms with Crippen LogP contribution >= 0.6 is 0 Å². The lowest BCUT2D eigenvalue weighted by Crippen LogP contribution is -2.26. The Labute approximate surface area is 147 Å². The molecule has 0 bridgehead atoms. The van der Waals surface area contributed by atoms with Crippen LogP contribution in [0.4, 0.5) is 5.69 Å². The summed E-state index contributed by atoms with van der Waals surface area (Å²) in [6, 6.07) is 8.49. The number of nitriles is 1. The second kappa shape index (κ2) is 6.29. The number of phenolic OH excluding ortho intramolecular Hbond substituents is 2. The van der Waals surface area contributed by atoms with Crippen molar-refractivity contribution in [2.45, 2.75) is 13.0 Å². The van der Waals surface area contributed by atoms with E-state index in [1.165, 1.54) is 29.8 Å². The van der Waals surface area contributed by atoms with Crippen LogP contribution in [-0.2, 0) is 7.05 Å². The Morgan fingerprint density at radius 3 is 2.65 bits per heavy atom. The maximum Gasteiger partial charge on any atom is 0.274 e. The van der Waals surface area contributed by atoms with E-state index in [9.17, 15) is 19.8 Å². The molecule has 0 aliphatic carbocycles. The van der Waals surface area contributed by atoms with E-state index in [1.54, 1.807) is 13.0 Å². The Bertz CT molecular complexity index is 1170. The molecule has 0 amide bonds. The second-order valence-corrected chi connectivity index (χ2v) is 5.96. The Morgan fingerprint density at radius 1 is 1.23 bits per heavy atom. The third-order valence-electron chi connectivity index (χ3n) is 4.20. The highest BCUT2D eigenvalue weighted by molar-refractivity contribution is 5.86. The molecule has 1 atom stereocenters. The predicted octanol–water partition coefficient (Wildman–Crippen LogP) is 1.68. The number of aromatic amines is 1. The van der Waals surface area contributed by atoms with Crippen molar-refractivity contribution < 1.29 is 10.2 Å². The number of fused-ring (bicyclic) bond motifs is 1. The van der Waals surface area contributed by atoms with Crippen LogP contribution < -0.4 is 16.4 Å². The lowest BCUT2D eigenvalue weighted by molar-refractivity contribution is 0.454. The highest BCUT2D eigenvalue weighted by atomic mass is 16.3. The molecule has 3 rings (SSSR count). The largest absolute Gasteiger partial charge is 0.508 e. The van der Waals surface area contributed by atoms with Crippen LogP contribution in [0.15, 0.2) is 39.9 Å². The van der Waals surface area contributed by atoms with Gasteiger partial charge in [-0.3, -0.25) is 9.59 Å². The first-order valence-electron chi connectivity index (χ1n) is 7.77. The average Bonchev–Trinajstić information content (AvgIpc) is 2.59. The van der Waals surface area contributed by atoms with Crippen molar-refractivity contribution in [1.29, 1.82) is 5.26 Å². The standard InChI is InChI=1S/C18H16N4O4/c1-9(20-14-4-3-11(8-19)22(2)18(14)26)13-6-10-5-12(23)7-15(24)16(10)21-17(13)25/h3-7,9,20,23-24H,1-2H3,(H,21,25)/t9-/m0/s1. The summed E-state index contributed by atoms with van der Waals surface area (Å²) in [5.74, 6) is -0.361. The van der Waals surface area contributed by atoms with Crippen LogP contribution in [0.2, 0.25) is 0 Å². The number of hydrogen-bond acceptors (Lipinski definition) is 6. The van der Waals surface area contributed by atoms with Gasteiger partial charge in [-0.15, -0.1) is 0 Å². The van der Waals surface area contributed by atoms with Gasteiger partial charge in [-0.05, 0) is 31.2 Å². The number of benzene rings is 1. The molecule has 0 aliphatic rings. The summed E-state index contributed by atoms with van der Waals surface area (Å²) in [6.07, 6.45) is 0. The number of aromatic hydroxyl groups is 2. The number of nitrogens with one attached hydrogen (secondary N) is 2. The minimum Gasteiger partial charge on any atom is -0.508 e. The number of phenols is 2. The quantitative estimate of drug-likeness (QED) is 0.567. The Morgan fingerprint density at radius 2 is 1.96 bits per heavy atom. The normalized spacial score (nSPS) is 11.9. The van der Waals surface area contributed by atoms with Gasteiger partial charge in [-0.2, -0.15) is 5.26 Å². The molecule has 4 N–H and O–H groups in total. The molecule has 132 valence electrons. The first-order chi connectivity index (χ1) is 12.3. The number of pyridine rings is 2. The zero-order chi connectivity index (χ0) is 19.0. The van der Waals surface area contributed by atoms with Gasteiger partial charge in [0, 0.05) is 24.1 Å². The van der Waals surface area contributed by atoms with Crippen molar-refractivity contribution in [3.8, 4) is 17.6 Å². The number of nitrogens with zero attached hydrogens (tertiary/aromatic N) is 2. The summed E-state index contributed by atoms with van der Waals surface area (Å²) in [5, 5.41) is 31.8. The van der Waals surface area contributed by atoms with E-state index in [0.29, 0.717) is 10.9 Å². The zero-order valence-electron chi connectivity index (χ0n) is 14.1. The summed E-state index contributed by atoms with van der Waals surface area (Å²) < 4.78 is 1.22. The van der Waals surface area contributed by atoms with Gasteiger partial charge in [-0.1, -0.05) is 0 Å². The molecule has 8 heteroatoms. The van der Waals surface area contributed by atoms with Crippen LogP contribution in [0.25, 0.3) is 10.9 Å². The van der Waals surface area contributed by atoms with Gasteiger partial charge >= 0.3 is 0 Å². The fourth-order valence-electron chi connectivity index (χ4n) is 2.79. The average molecular weight is 352 g/mol. The fourth-order valence-corrected chi connectivity index (χ4v) is 2.79. The molecular weight excluding hydrogens is 336 g/mol. The lowest BCUT2D eigenvalue weighted by atomic mass is 10.1. The second-order valence-electron chi connectivity index (χ2n) is 5.96. The van der Waals surface area contributed by atoms with E-state index in [1.807, 2.05) is 6.07 Å². The van der Waals surface area contributed by atoms with Crippen molar-refractivity contribution in [2.75, 3.05) is 5.32 Å². The minimum atomic E-state index is -0.534. The molecular formula is C18H16N4O4. The highest BCUT2D eigenvalue weighted by Crippen LogP contribution is 2.28. The van der Waals surface area contributed by atoms with Gasteiger partial charge in [0.2, 0.25) is 0 Å². The number of aromatic nitrogens is 2. The molecule has 2 heterocycles. The van der Waals surface area contributed by atoms with Crippen molar-refractivity contribution in [3.05, 3.63) is 62.3 Å². The predicted molar refractivity (Wildman–Crippen MR) is 96.3 cm³/mol. The van der Waals surface area contributed by atoms with Gasteiger partial charge < -0.3 is 25.1 Å². The van der Waals surface area contributed by atoms with Gasteiger partial charge in [0.15, 0.2) is 0 Å². The van der Waals surface area contributed by atoms with Gasteiger partial charge in [0.25, 0.3) is 11.1 Å². The molecule has 0 saturated heterocycles. The number of H-pyrrole nitrogens is 1. The molecule has 26 heavy (non-hydrogen) atoms. The maximum absolute atomic E-state index is 12.4. The molecule has 0 unspecified atom stereocenters. The van der Waals surface area contributed by atoms with Crippen molar-refractivity contribution in [1.82, 2.24) is 9.55 Å². The highest BCUT2D eigenvalue weighted by Gasteiger charge is 2.15. The third-order valence-corrected chi connectivity index (χ3v) is 4.20.